The maximum atomic E-state index is 12.9. The number of amides is 1. The van der Waals surface area contributed by atoms with Gasteiger partial charge in [-0.05, 0) is 30.3 Å². The lowest BCUT2D eigenvalue weighted by atomic mass is 9.84. The van der Waals surface area contributed by atoms with Gasteiger partial charge in [0.25, 0.3) is 5.91 Å². The van der Waals surface area contributed by atoms with Crippen LogP contribution in [0, 0.1) is 0 Å². The van der Waals surface area contributed by atoms with Crippen LogP contribution in [0.1, 0.15) is 42.2 Å². The Balaban J connectivity index is 1.45. The van der Waals surface area contributed by atoms with Gasteiger partial charge in [0, 0.05) is 27.9 Å². The molecule has 0 bridgehead atoms. The second-order valence-corrected chi connectivity index (χ2v) is 7.50. The number of methoxy groups -OCH3 is 3. The molecule has 0 unspecified atom stereocenters. The number of anilines is 1. The maximum absolute atomic E-state index is 12.9. The van der Waals surface area contributed by atoms with Gasteiger partial charge < -0.3 is 24.3 Å². The Morgan fingerprint density at radius 2 is 1.31 bits per heavy atom. The zero-order valence-corrected chi connectivity index (χ0v) is 19.2. The van der Waals surface area contributed by atoms with E-state index in [0.717, 1.165) is 0 Å². The Kier molecular flexibility index (Phi) is 6.50. The van der Waals surface area contributed by atoms with Gasteiger partial charge in [0.15, 0.2) is 29.7 Å². The van der Waals surface area contributed by atoms with Crippen LogP contribution in [0.3, 0.4) is 0 Å². The molecular weight excluding hydrogens is 454 g/mol. The summed E-state index contributed by atoms with van der Waals surface area (Å²) in [7, 11) is 4.26. The van der Waals surface area contributed by atoms with E-state index in [1.54, 1.807) is 24.3 Å². The number of nitrogens with one attached hydrogen (secondary N) is 1. The van der Waals surface area contributed by atoms with Gasteiger partial charge in [-0.25, -0.2) is 4.79 Å². The normalized spacial score (nSPS) is 11.7. The first-order chi connectivity index (χ1) is 16.9. The van der Waals surface area contributed by atoms with Crippen LogP contribution in [0.15, 0.2) is 54.6 Å². The molecule has 0 atom stereocenters. The summed E-state index contributed by atoms with van der Waals surface area (Å²) < 4.78 is 20.8. The van der Waals surface area contributed by atoms with E-state index >= 15 is 0 Å². The largest absolute Gasteiger partial charge is 0.493 e. The zero-order chi connectivity index (χ0) is 25.1. The smallest absolute Gasteiger partial charge is 0.338 e. The first-order valence-electron chi connectivity index (χ1n) is 10.5. The average Bonchev–Trinajstić information content (AvgIpc) is 2.89. The molecule has 0 aliphatic heterocycles. The molecule has 3 aromatic carbocycles. The maximum Gasteiger partial charge on any atom is 0.338 e. The standard InChI is InChI=1S/C26H21NO8/c1-32-20-10-14(11-21(33-2)25(20)34-3)26(31)35-13-22(28)27-15-8-9-18-19(12-15)24(30)17-7-5-4-6-16(17)23(18)29/h4-12H,13H2,1-3H3,(H,27,28). The molecule has 1 aliphatic carbocycles. The van der Waals surface area contributed by atoms with E-state index in [0.29, 0.717) is 16.9 Å². The summed E-state index contributed by atoms with van der Waals surface area (Å²) in [5.74, 6) is -1.13. The number of hydrogen-bond acceptors (Lipinski definition) is 8. The zero-order valence-electron chi connectivity index (χ0n) is 19.2. The summed E-state index contributed by atoms with van der Waals surface area (Å²) in [5, 5.41) is 2.57. The topological polar surface area (TPSA) is 117 Å². The van der Waals surface area contributed by atoms with Crippen molar-refractivity contribution in [3.05, 3.63) is 82.4 Å². The summed E-state index contributed by atoms with van der Waals surface area (Å²) in [5.41, 5.74) is 1.51. The van der Waals surface area contributed by atoms with Crippen LogP contribution in [0.5, 0.6) is 17.2 Å². The summed E-state index contributed by atoms with van der Waals surface area (Å²) in [6.45, 7) is -0.581. The molecule has 1 amide bonds. The summed E-state index contributed by atoms with van der Waals surface area (Å²) >= 11 is 0. The molecular formula is C26H21NO8. The van der Waals surface area contributed by atoms with Crippen LogP contribution >= 0.6 is 0 Å². The van der Waals surface area contributed by atoms with Crippen molar-refractivity contribution in [2.24, 2.45) is 0 Å². The van der Waals surface area contributed by atoms with E-state index in [-0.39, 0.29) is 45.4 Å². The van der Waals surface area contributed by atoms with Gasteiger partial charge in [-0.3, -0.25) is 14.4 Å². The number of ketones is 2. The van der Waals surface area contributed by atoms with E-state index < -0.39 is 18.5 Å². The highest BCUT2D eigenvalue weighted by atomic mass is 16.5. The summed E-state index contributed by atoms with van der Waals surface area (Å²) in [6, 6.07) is 13.8. The molecule has 1 N–H and O–H groups in total. The van der Waals surface area contributed by atoms with E-state index in [9.17, 15) is 19.2 Å². The second kappa shape index (κ2) is 9.68. The SMILES string of the molecule is COc1cc(C(=O)OCC(=O)Nc2ccc3c(c2)C(=O)c2ccccc2C3=O)cc(OC)c1OC. The fraction of sp³-hybridized carbons (Fsp3) is 0.154. The number of benzene rings is 3. The molecule has 35 heavy (non-hydrogen) atoms. The predicted octanol–water partition coefficient (Wildman–Crippen LogP) is 3.28. The number of hydrogen-bond donors (Lipinski definition) is 1. The number of ether oxygens (including phenoxy) is 4. The van der Waals surface area contributed by atoms with E-state index in [1.807, 2.05) is 0 Å². The van der Waals surface area contributed by atoms with Crippen molar-refractivity contribution in [1.82, 2.24) is 0 Å². The number of rotatable bonds is 7. The van der Waals surface area contributed by atoms with E-state index in [4.69, 9.17) is 18.9 Å². The van der Waals surface area contributed by atoms with Gasteiger partial charge in [-0.1, -0.05) is 24.3 Å². The van der Waals surface area contributed by atoms with Crippen molar-refractivity contribution in [1.29, 1.82) is 0 Å². The molecule has 0 aromatic heterocycles. The highest BCUT2D eigenvalue weighted by Crippen LogP contribution is 2.38. The number of carbonyl (C=O) groups is 4. The van der Waals surface area contributed by atoms with Gasteiger partial charge in [-0.15, -0.1) is 0 Å². The van der Waals surface area contributed by atoms with Crippen LogP contribution in [0.4, 0.5) is 5.69 Å². The Bertz CT molecular complexity index is 1340. The van der Waals surface area contributed by atoms with Crippen molar-refractivity contribution < 1.29 is 38.1 Å². The van der Waals surface area contributed by atoms with E-state index in [2.05, 4.69) is 5.32 Å². The molecule has 3 aromatic rings. The van der Waals surface area contributed by atoms with Gasteiger partial charge in [0.1, 0.15) is 0 Å². The second-order valence-electron chi connectivity index (χ2n) is 7.50. The number of carbonyl (C=O) groups excluding carboxylic acids is 4. The molecule has 0 saturated heterocycles. The fourth-order valence-corrected chi connectivity index (χ4v) is 3.79. The molecule has 1 aliphatic rings. The van der Waals surface area contributed by atoms with Crippen molar-refractivity contribution in [2.45, 2.75) is 0 Å². The molecule has 0 radical (unpaired) electrons. The highest BCUT2D eigenvalue weighted by Gasteiger charge is 2.29. The van der Waals surface area contributed by atoms with E-state index in [1.165, 1.54) is 51.7 Å². The quantitative estimate of drug-likeness (QED) is 0.405. The van der Waals surface area contributed by atoms with Crippen LogP contribution in [-0.4, -0.2) is 51.4 Å². The minimum atomic E-state index is -0.776. The van der Waals surface area contributed by atoms with Crippen LogP contribution in [0.25, 0.3) is 0 Å². The van der Waals surface area contributed by atoms with Gasteiger partial charge in [-0.2, -0.15) is 0 Å². The van der Waals surface area contributed by atoms with Crippen LogP contribution in [-0.2, 0) is 9.53 Å². The van der Waals surface area contributed by atoms with Gasteiger partial charge in [0.05, 0.1) is 26.9 Å². The van der Waals surface area contributed by atoms with Crippen LogP contribution in [0.2, 0.25) is 0 Å². The monoisotopic (exact) mass is 475 g/mol. The number of fused-ring (bicyclic) bond motifs is 2. The molecule has 178 valence electrons. The summed E-state index contributed by atoms with van der Waals surface area (Å²) in [6.07, 6.45) is 0. The number of esters is 1. The third kappa shape index (κ3) is 4.43. The third-order valence-corrected chi connectivity index (χ3v) is 5.44. The lowest BCUT2D eigenvalue weighted by Crippen LogP contribution is -2.23. The molecule has 0 heterocycles. The van der Waals surface area contributed by atoms with Crippen LogP contribution < -0.4 is 19.5 Å². The van der Waals surface area contributed by atoms with Crippen molar-refractivity contribution in [3.8, 4) is 17.2 Å². The van der Waals surface area contributed by atoms with Crippen molar-refractivity contribution >= 4 is 29.1 Å². The minimum Gasteiger partial charge on any atom is -0.493 e. The highest BCUT2D eigenvalue weighted by molar-refractivity contribution is 6.28. The molecule has 0 fully saturated rings. The molecule has 9 heteroatoms. The predicted molar refractivity (Wildman–Crippen MR) is 125 cm³/mol. The Labute approximate surface area is 200 Å². The third-order valence-electron chi connectivity index (χ3n) is 5.44. The fourth-order valence-electron chi connectivity index (χ4n) is 3.79. The average molecular weight is 475 g/mol. The Morgan fingerprint density at radius 1 is 0.743 bits per heavy atom. The van der Waals surface area contributed by atoms with Gasteiger partial charge >= 0.3 is 5.97 Å². The Hall–Kier alpha value is -4.66. The molecule has 0 saturated carbocycles. The molecule has 0 spiro atoms. The lowest BCUT2D eigenvalue weighted by Gasteiger charge is -2.18. The first-order valence-corrected chi connectivity index (χ1v) is 10.5. The molecule has 4 rings (SSSR count). The van der Waals surface area contributed by atoms with Gasteiger partial charge in [0.2, 0.25) is 5.75 Å². The Morgan fingerprint density at radius 3 is 1.89 bits per heavy atom. The first kappa shape index (κ1) is 23.5. The minimum absolute atomic E-state index is 0.101. The molecule has 9 nitrogen and oxygen atoms in total. The lowest BCUT2D eigenvalue weighted by molar-refractivity contribution is -0.119. The summed E-state index contributed by atoms with van der Waals surface area (Å²) in [4.78, 5) is 50.4. The van der Waals surface area contributed by atoms with Crippen molar-refractivity contribution in [2.75, 3.05) is 33.3 Å². The van der Waals surface area contributed by atoms with Crippen molar-refractivity contribution in [3.63, 3.8) is 0 Å².